The third kappa shape index (κ3) is 4.00. The van der Waals surface area contributed by atoms with E-state index in [2.05, 4.69) is 28.5 Å². The lowest BCUT2D eigenvalue weighted by Crippen LogP contribution is -2.22. The Morgan fingerprint density at radius 3 is 2.79 bits per heavy atom. The molecule has 7 heteroatoms. The molecule has 0 spiro atoms. The van der Waals surface area contributed by atoms with Crippen LogP contribution in [0.5, 0.6) is 5.75 Å². The Morgan fingerprint density at radius 1 is 1.12 bits per heavy atom. The predicted molar refractivity (Wildman–Crippen MR) is 127 cm³/mol. The van der Waals surface area contributed by atoms with Gasteiger partial charge in [0.1, 0.15) is 24.0 Å². The van der Waals surface area contributed by atoms with Crippen molar-refractivity contribution in [2.24, 2.45) is 0 Å². The van der Waals surface area contributed by atoms with Crippen LogP contribution in [0.4, 0.5) is 27.5 Å². The number of benzene rings is 2. The second-order valence-corrected chi connectivity index (χ2v) is 8.48. The standard InChI is InChI=1S/C26H24FN5O/c1-26(17-6-8-18(27)9-7-17)13-12-20-23(26)31-25-30-19-10-11-21(28-2)22(16-19)33-15-5-3-4-14-29-24(20)32-25/h3,5-11,16H,4,12-15H2,1H3,(H2,29,30,31,32)/b5-3+. The van der Waals surface area contributed by atoms with E-state index in [0.29, 0.717) is 24.0 Å². The van der Waals surface area contributed by atoms with Crippen LogP contribution in [0.3, 0.4) is 0 Å². The van der Waals surface area contributed by atoms with Crippen molar-refractivity contribution in [2.45, 2.75) is 31.6 Å². The first-order valence-corrected chi connectivity index (χ1v) is 11.0. The van der Waals surface area contributed by atoms with E-state index < -0.39 is 0 Å². The fourth-order valence-corrected chi connectivity index (χ4v) is 4.50. The lowest BCUT2D eigenvalue weighted by Gasteiger charge is -2.26. The summed E-state index contributed by atoms with van der Waals surface area (Å²) in [6.07, 6.45) is 6.56. The van der Waals surface area contributed by atoms with E-state index in [1.807, 2.05) is 24.3 Å². The molecule has 0 saturated heterocycles. The van der Waals surface area contributed by atoms with E-state index in [-0.39, 0.29) is 11.2 Å². The number of hydrogen-bond acceptors (Lipinski definition) is 5. The first-order chi connectivity index (χ1) is 16.1. The number of halogens is 1. The van der Waals surface area contributed by atoms with Gasteiger partial charge in [0.15, 0.2) is 0 Å². The van der Waals surface area contributed by atoms with E-state index in [4.69, 9.17) is 21.3 Å². The maximum Gasteiger partial charge on any atom is 0.229 e. The van der Waals surface area contributed by atoms with Crippen molar-refractivity contribution in [2.75, 3.05) is 23.8 Å². The first kappa shape index (κ1) is 21.0. The van der Waals surface area contributed by atoms with Gasteiger partial charge in [-0.2, -0.15) is 4.98 Å². The van der Waals surface area contributed by atoms with Crippen LogP contribution in [0.2, 0.25) is 0 Å². The van der Waals surface area contributed by atoms with Gasteiger partial charge in [0, 0.05) is 23.2 Å². The predicted octanol–water partition coefficient (Wildman–Crippen LogP) is 5.91. The molecular weight excluding hydrogens is 417 g/mol. The van der Waals surface area contributed by atoms with Crippen LogP contribution in [0, 0.1) is 12.4 Å². The van der Waals surface area contributed by atoms with E-state index in [1.54, 1.807) is 12.1 Å². The highest BCUT2D eigenvalue weighted by atomic mass is 19.1. The van der Waals surface area contributed by atoms with Crippen molar-refractivity contribution in [1.82, 2.24) is 9.97 Å². The van der Waals surface area contributed by atoms with Gasteiger partial charge in [-0.1, -0.05) is 30.4 Å². The summed E-state index contributed by atoms with van der Waals surface area (Å²) in [4.78, 5) is 13.3. The fourth-order valence-electron chi connectivity index (χ4n) is 4.50. The van der Waals surface area contributed by atoms with Crippen LogP contribution in [0.1, 0.15) is 36.6 Å². The largest absolute Gasteiger partial charge is 0.500 e. The molecule has 1 aliphatic heterocycles. The minimum atomic E-state index is -0.341. The minimum absolute atomic E-state index is 0.247. The van der Waals surface area contributed by atoms with Gasteiger partial charge >= 0.3 is 0 Å². The van der Waals surface area contributed by atoms with E-state index in [0.717, 1.165) is 54.1 Å². The monoisotopic (exact) mass is 441 g/mol. The third-order valence-corrected chi connectivity index (χ3v) is 6.33. The molecule has 4 bridgehead atoms. The summed E-state index contributed by atoms with van der Waals surface area (Å²) >= 11 is 0. The van der Waals surface area contributed by atoms with Crippen LogP contribution in [0.25, 0.3) is 4.85 Å². The molecule has 2 aliphatic rings. The lowest BCUT2D eigenvalue weighted by atomic mass is 9.80. The number of rotatable bonds is 1. The van der Waals surface area contributed by atoms with Crippen molar-refractivity contribution in [3.05, 3.63) is 88.7 Å². The third-order valence-electron chi connectivity index (χ3n) is 6.33. The lowest BCUT2D eigenvalue weighted by molar-refractivity contribution is 0.365. The number of anilines is 3. The molecule has 1 unspecified atom stereocenters. The number of nitrogens with zero attached hydrogens (tertiary/aromatic N) is 3. The zero-order chi connectivity index (χ0) is 22.8. The Labute approximate surface area is 192 Å². The van der Waals surface area contributed by atoms with Gasteiger partial charge in [0.2, 0.25) is 11.6 Å². The number of fused-ring (bicyclic) bond motifs is 6. The van der Waals surface area contributed by atoms with E-state index >= 15 is 0 Å². The summed E-state index contributed by atoms with van der Waals surface area (Å²) < 4.78 is 19.4. The summed E-state index contributed by atoms with van der Waals surface area (Å²) in [7, 11) is 0. The SMILES string of the molecule is [C-]#[N+]c1ccc2cc1OC/C=C/CCNc1nc(nc3c1CCC3(C)c1ccc(F)cc1)N2. The molecule has 0 saturated carbocycles. The second kappa shape index (κ2) is 8.55. The first-order valence-electron chi connectivity index (χ1n) is 11.0. The van der Waals surface area contributed by atoms with Crippen molar-refractivity contribution < 1.29 is 9.13 Å². The van der Waals surface area contributed by atoms with Gasteiger partial charge in [-0.05, 0) is 56.0 Å². The molecule has 0 fully saturated rings. The van der Waals surface area contributed by atoms with Crippen LogP contribution in [-0.4, -0.2) is 23.1 Å². The molecular formula is C26H24FN5O. The number of aromatic nitrogens is 2. The zero-order valence-electron chi connectivity index (χ0n) is 18.4. The molecule has 1 aliphatic carbocycles. The molecule has 6 nitrogen and oxygen atoms in total. The minimum Gasteiger partial charge on any atom is -0.500 e. The Hall–Kier alpha value is -3.92. The van der Waals surface area contributed by atoms with Crippen LogP contribution >= 0.6 is 0 Å². The molecule has 2 aromatic carbocycles. The average molecular weight is 442 g/mol. The summed E-state index contributed by atoms with van der Waals surface area (Å²) in [5.74, 6) is 1.57. The van der Waals surface area contributed by atoms with Gasteiger partial charge in [-0.25, -0.2) is 14.2 Å². The van der Waals surface area contributed by atoms with E-state index in [9.17, 15) is 4.39 Å². The molecule has 5 rings (SSSR count). The Balaban J connectivity index is 1.60. The summed E-state index contributed by atoms with van der Waals surface area (Å²) in [5, 5.41) is 6.77. The Kier molecular flexibility index (Phi) is 5.43. The van der Waals surface area contributed by atoms with Gasteiger partial charge in [-0.3, -0.25) is 0 Å². The second-order valence-electron chi connectivity index (χ2n) is 8.48. The highest BCUT2D eigenvalue weighted by molar-refractivity contribution is 5.68. The molecule has 1 atom stereocenters. The van der Waals surface area contributed by atoms with Gasteiger partial charge < -0.3 is 15.4 Å². The molecule has 166 valence electrons. The van der Waals surface area contributed by atoms with Crippen LogP contribution < -0.4 is 15.4 Å². The Morgan fingerprint density at radius 2 is 1.97 bits per heavy atom. The summed E-state index contributed by atoms with van der Waals surface area (Å²) in [6, 6.07) is 12.1. The van der Waals surface area contributed by atoms with Crippen LogP contribution in [-0.2, 0) is 11.8 Å². The van der Waals surface area contributed by atoms with Crippen molar-refractivity contribution in [3.63, 3.8) is 0 Å². The Bertz CT molecular complexity index is 1260. The molecule has 0 amide bonds. The smallest absolute Gasteiger partial charge is 0.229 e. The molecule has 1 aromatic heterocycles. The van der Waals surface area contributed by atoms with Gasteiger partial charge in [0.05, 0.1) is 12.3 Å². The molecule has 0 radical (unpaired) electrons. The van der Waals surface area contributed by atoms with Crippen molar-refractivity contribution in [1.29, 1.82) is 0 Å². The quantitative estimate of drug-likeness (QED) is 0.363. The van der Waals surface area contributed by atoms with Crippen molar-refractivity contribution in [3.8, 4) is 5.75 Å². The number of nitrogens with one attached hydrogen (secondary N) is 2. The summed E-state index contributed by atoms with van der Waals surface area (Å²) in [5.41, 5.74) is 3.95. The molecule has 2 heterocycles. The van der Waals surface area contributed by atoms with Gasteiger partial charge in [-0.15, -0.1) is 0 Å². The fraction of sp³-hybridized carbons (Fsp3) is 0.269. The highest BCUT2D eigenvalue weighted by Crippen LogP contribution is 2.45. The highest BCUT2D eigenvalue weighted by Gasteiger charge is 2.40. The van der Waals surface area contributed by atoms with Crippen molar-refractivity contribution >= 4 is 23.1 Å². The maximum atomic E-state index is 13.6. The topological polar surface area (TPSA) is 63.4 Å². The molecule has 3 aromatic rings. The molecule has 33 heavy (non-hydrogen) atoms. The number of ether oxygens (including phenoxy) is 1. The molecule has 2 N–H and O–H groups in total. The zero-order valence-corrected chi connectivity index (χ0v) is 18.4. The maximum absolute atomic E-state index is 13.6. The van der Waals surface area contributed by atoms with Crippen LogP contribution in [0.15, 0.2) is 54.6 Å². The van der Waals surface area contributed by atoms with E-state index in [1.165, 1.54) is 12.1 Å². The average Bonchev–Trinajstić information content (AvgIpc) is 3.16. The van der Waals surface area contributed by atoms with Gasteiger partial charge in [0.25, 0.3) is 0 Å². The summed E-state index contributed by atoms with van der Waals surface area (Å²) in [6.45, 7) is 10.7. The normalized spacial score (nSPS) is 20.3. The number of hydrogen-bond donors (Lipinski definition) is 2.